The molecule has 2 heterocycles. The lowest BCUT2D eigenvalue weighted by molar-refractivity contribution is -0.123. The van der Waals surface area contributed by atoms with Gasteiger partial charge in [0, 0.05) is 0 Å². The zero-order valence-electron chi connectivity index (χ0n) is 18.5. The van der Waals surface area contributed by atoms with Gasteiger partial charge in [-0.15, -0.1) is 11.3 Å². The number of hydrazine groups is 1. The van der Waals surface area contributed by atoms with Gasteiger partial charge in [-0.05, 0) is 88.0 Å². The Morgan fingerprint density at radius 2 is 2.00 bits per heavy atom. The Hall–Kier alpha value is -2.08. The van der Waals surface area contributed by atoms with Gasteiger partial charge < -0.3 is 9.47 Å². The maximum atomic E-state index is 12.9. The predicted octanol–water partition coefficient (Wildman–Crippen LogP) is 7.34. The standard InChI is InChI=1S/C24H17BrCl2N2O4S3/c1-2-32-18-10-14(8-15(25)21(18)33-12-13-5-6-16(26)17(27)9-13)11-20-23(31)29(24(34)36-20)28-22(30)19-4-3-7-35-19/h3-11H,2,12H2,1H3,(H,28,30)/b20-11+. The van der Waals surface area contributed by atoms with Crippen LogP contribution in [0.25, 0.3) is 6.08 Å². The van der Waals surface area contributed by atoms with Crippen LogP contribution in [0.15, 0.2) is 57.2 Å². The van der Waals surface area contributed by atoms with Crippen LogP contribution in [-0.2, 0) is 11.4 Å². The summed E-state index contributed by atoms with van der Waals surface area (Å²) in [5, 5.41) is 3.78. The molecule has 4 rings (SSSR count). The number of carbonyl (C=O) groups excluding carboxylic acids is 2. The van der Waals surface area contributed by atoms with Gasteiger partial charge in [0.05, 0.1) is 30.9 Å². The third-order valence-electron chi connectivity index (χ3n) is 4.75. The first-order valence-corrected chi connectivity index (χ1v) is 14.1. The van der Waals surface area contributed by atoms with Gasteiger partial charge in [-0.3, -0.25) is 15.0 Å². The van der Waals surface area contributed by atoms with Crippen molar-refractivity contribution in [2.24, 2.45) is 0 Å². The monoisotopic (exact) mass is 642 g/mol. The third-order valence-corrected chi connectivity index (χ3v) is 8.25. The fraction of sp³-hybridized carbons (Fsp3) is 0.125. The number of rotatable bonds is 8. The molecule has 2 aromatic carbocycles. The Morgan fingerprint density at radius 3 is 2.69 bits per heavy atom. The number of benzene rings is 2. The van der Waals surface area contributed by atoms with Crippen molar-refractivity contribution in [1.82, 2.24) is 10.4 Å². The minimum absolute atomic E-state index is 0.238. The minimum atomic E-state index is -0.413. The molecule has 1 saturated heterocycles. The highest BCUT2D eigenvalue weighted by atomic mass is 79.9. The molecule has 0 spiro atoms. The molecular weight excluding hydrogens is 627 g/mol. The largest absolute Gasteiger partial charge is 0.490 e. The lowest BCUT2D eigenvalue weighted by Crippen LogP contribution is -2.44. The first-order chi connectivity index (χ1) is 17.3. The maximum absolute atomic E-state index is 12.9. The quantitative estimate of drug-likeness (QED) is 0.205. The highest BCUT2D eigenvalue weighted by molar-refractivity contribution is 9.10. The van der Waals surface area contributed by atoms with Crippen LogP contribution in [0.3, 0.4) is 0 Å². The molecule has 12 heteroatoms. The third kappa shape index (κ3) is 6.24. The van der Waals surface area contributed by atoms with E-state index in [0.717, 1.165) is 22.3 Å². The molecule has 0 aliphatic carbocycles. The van der Waals surface area contributed by atoms with Crippen LogP contribution in [-0.4, -0.2) is 27.8 Å². The van der Waals surface area contributed by atoms with E-state index < -0.39 is 11.8 Å². The minimum Gasteiger partial charge on any atom is -0.490 e. The van der Waals surface area contributed by atoms with Crippen molar-refractivity contribution in [1.29, 1.82) is 0 Å². The van der Waals surface area contributed by atoms with Crippen LogP contribution >= 0.6 is 74.4 Å². The van der Waals surface area contributed by atoms with Crippen LogP contribution in [0.5, 0.6) is 11.5 Å². The number of nitrogens with one attached hydrogen (secondary N) is 1. The summed E-state index contributed by atoms with van der Waals surface area (Å²) in [5.74, 6) is 0.201. The van der Waals surface area contributed by atoms with Gasteiger partial charge >= 0.3 is 0 Å². The van der Waals surface area contributed by atoms with Gasteiger partial charge in [0.1, 0.15) is 6.61 Å². The number of amides is 2. The number of carbonyl (C=O) groups is 2. The van der Waals surface area contributed by atoms with Crippen molar-refractivity contribution in [3.05, 3.63) is 83.3 Å². The number of ether oxygens (including phenoxy) is 2. The molecule has 0 bridgehead atoms. The summed E-state index contributed by atoms with van der Waals surface area (Å²) >= 11 is 23.3. The van der Waals surface area contributed by atoms with Gasteiger partial charge in [0.25, 0.3) is 11.8 Å². The average Bonchev–Trinajstić information content (AvgIpc) is 3.46. The fourth-order valence-electron chi connectivity index (χ4n) is 3.14. The summed E-state index contributed by atoms with van der Waals surface area (Å²) in [6, 6.07) is 12.3. The lowest BCUT2D eigenvalue weighted by atomic mass is 10.1. The van der Waals surface area contributed by atoms with Crippen molar-refractivity contribution in [2.45, 2.75) is 13.5 Å². The van der Waals surface area contributed by atoms with Crippen molar-refractivity contribution >= 4 is 96.7 Å². The smallest absolute Gasteiger partial charge is 0.285 e. The molecule has 186 valence electrons. The van der Waals surface area contributed by atoms with Crippen LogP contribution in [0.1, 0.15) is 27.7 Å². The molecule has 0 saturated carbocycles. The Morgan fingerprint density at radius 1 is 1.19 bits per heavy atom. The molecule has 0 radical (unpaired) electrons. The molecule has 1 aliphatic heterocycles. The van der Waals surface area contributed by atoms with E-state index in [2.05, 4.69) is 21.4 Å². The number of halogens is 3. The topological polar surface area (TPSA) is 67.9 Å². The lowest BCUT2D eigenvalue weighted by Gasteiger charge is -2.15. The van der Waals surface area contributed by atoms with Crippen LogP contribution in [0.2, 0.25) is 10.0 Å². The second kappa shape index (κ2) is 12.0. The number of thioether (sulfide) groups is 1. The molecule has 0 atom stereocenters. The second-order valence-corrected chi connectivity index (χ2v) is 11.5. The highest BCUT2D eigenvalue weighted by Gasteiger charge is 2.34. The summed E-state index contributed by atoms with van der Waals surface area (Å²) in [7, 11) is 0. The van der Waals surface area contributed by atoms with E-state index in [9.17, 15) is 9.59 Å². The molecule has 1 aliphatic rings. The van der Waals surface area contributed by atoms with Crippen molar-refractivity contribution in [3.8, 4) is 11.5 Å². The SMILES string of the molecule is CCOc1cc(/C=C2/SC(=S)N(NC(=O)c3cccs3)C2=O)cc(Br)c1OCc1ccc(Cl)c(Cl)c1. The first kappa shape index (κ1) is 27.0. The Bertz CT molecular complexity index is 1370. The predicted molar refractivity (Wildman–Crippen MR) is 153 cm³/mol. The van der Waals surface area contributed by atoms with Gasteiger partial charge in [0.2, 0.25) is 0 Å². The second-order valence-electron chi connectivity index (χ2n) is 7.24. The number of thiocarbonyl (C=S) groups is 1. The Kier molecular flexibility index (Phi) is 8.97. The Balaban J connectivity index is 1.54. The van der Waals surface area contributed by atoms with Crippen molar-refractivity contribution in [2.75, 3.05) is 6.61 Å². The Labute approximate surface area is 239 Å². The maximum Gasteiger partial charge on any atom is 0.285 e. The number of hydrogen-bond donors (Lipinski definition) is 1. The van der Waals surface area contributed by atoms with Gasteiger partial charge in [-0.1, -0.05) is 47.1 Å². The number of nitrogens with zero attached hydrogens (tertiary/aromatic N) is 1. The summed E-state index contributed by atoms with van der Waals surface area (Å²) in [6.07, 6.45) is 1.69. The van der Waals surface area contributed by atoms with E-state index in [1.54, 1.807) is 41.8 Å². The van der Waals surface area contributed by atoms with E-state index in [-0.39, 0.29) is 10.9 Å². The van der Waals surface area contributed by atoms with E-state index in [4.69, 9.17) is 44.9 Å². The van der Waals surface area contributed by atoms with Gasteiger partial charge in [0.15, 0.2) is 15.8 Å². The summed E-state index contributed by atoms with van der Waals surface area (Å²) < 4.78 is 12.7. The highest BCUT2D eigenvalue weighted by Crippen LogP contribution is 2.40. The number of thiophene rings is 1. The normalized spacial score (nSPS) is 14.4. The number of hydrogen-bond acceptors (Lipinski definition) is 7. The van der Waals surface area contributed by atoms with Crippen molar-refractivity contribution < 1.29 is 19.1 Å². The summed E-state index contributed by atoms with van der Waals surface area (Å²) in [5.41, 5.74) is 4.10. The molecule has 2 amide bonds. The van der Waals surface area contributed by atoms with Crippen LogP contribution in [0.4, 0.5) is 0 Å². The van der Waals surface area contributed by atoms with E-state index in [1.165, 1.54) is 11.3 Å². The zero-order valence-corrected chi connectivity index (χ0v) is 24.1. The molecule has 3 aromatic rings. The van der Waals surface area contributed by atoms with Gasteiger partial charge in [-0.25, -0.2) is 0 Å². The summed E-state index contributed by atoms with van der Waals surface area (Å²) in [6.45, 7) is 2.53. The molecule has 1 N–H and O–H groups in total. The molecule has 1 aromatic heterocycles. The van der Waals surface area contributed by atoms with Gasteiger partial charge in [-0.2, -0.15) is 5.01 Å². The van der Waals surface area contributed by atoms with Crippen LogP contribution in [0, 0.1) is 0 Å². The fourth-order valence-corrected chi connectivity index (χ4v) is 5.83. The van der Waals surface area contributed by atoms with E-state index in [0.29, 0.717) is 48.0 Å². The molecule has 0 unspecified atom stereocenters. The zero-order chi connectivity index (χ0) is 25.8. The molecule has 6 nitrogen and oxygen atoms in total. The molecular formula is C24H17BrCl2N2O4S3. The molecule has 36 heavy (non-hydrogen) atoms. The summed E-state index contributed by atoms with van der Waals surface area (Å²) in [4.78, 5) is 26.2. The van der Waals surface area contributed by atoms with E-state index in [1.807, 2.05) is 19.1 Å². The van der Waals surface area contributed by atoms with E-state index >= 15 is 0 Å². The van der Waals surface area contributed by atoms with Crippen LogP contribution < -0.4 is 14.9 Å². The first-order valence-electron chi connectivity index (χ1n) is 10.4. The molecule has 1 fully saturated rings. The average molecular weight is 644 g/mol. The van der Waals surface area contributed by atoms with Crippen molar-refractivity contribution in [3.63, 3.8) is 0 Å².